The summed E-state index contributed by atoms with van der Waals surface area (Å²) in [4.78, 5) is 44.9. The number of aromatic nitrogens is 1. The lowest BCUT2D eigenvalue weighted by atomic mass is 9.78. The molecule has 1 saturated carbocycles. The van der Waals surface area contributed by atoms with Crippen molar-refractivity contribution in [1.82, 2.24) is 9.88 Å². The van der Waals surface area contributed by atoms with Crippen LogP contribution in [0.5, 0.6) is 0 Å². The third kappa shape index (κ3) is 4.48. The quantitative estimate of drug-likeness (QED) is 0.429. The van der Waals surface area contributed by atoms with Gasteiger partial charge < -0.3 is 15.2 Å². The van der Waals surface area contributed by atoms with Gasteiger partial charge >= 0.3 is 0 Å². The maximum absolute atomic E-state index is 14.3. The van der Waals surface area contributed by atoms with Crippen LogP contribution >= 0.6 is 0 Å². The number of hydrogen-bond donors (Lipinski definition) is 2. The molecular weight excluding hydrogens is 502 g/mol. The lowest BCUT2D eigenvalue weighted by Crippen LogP contribution is -2.46. The first-order chi connectivity index (χ1) is 18.6. The Bertz CT molecular complexity index is 1520. The molecule has 4 atom stereocenters. The molecule has 1 unspecified atom stereocenters. The average Bonchev–Trinajstić information content (AvgIpc) is 3.58. The van der Waals surface area contributed by atoms with Crippen LogP contribution in [0.1, 0.15) is 55.6 Å². The second-order valence-corrected chi connectivity index (χ2v) is 11.2. The fraction of sp³-hybridized carbons (Fsp3) is 0.400. The Kier molecular flexibility index (Phi) is 6.75. The van der Waals surface area contributed by atoms with Gasteiger partial charge in [0.1, 0.15) is 17.3 Å². The van der Waals surface area contributed by atoms with Gasteiger partial charge in [0.2, 0.25) is 5.91 Å². The molecule has 1 aliphatic carbocycles. The summed E-state index contributed by atoms with van der Waals surface area (Å²) in [5, 5.41) is 13.0. The minimum Gasteiger partial charge on any atom is -0.350 e. The van der Waals surface area contributed by atoms with E-state index in [4.69, 9.17) is 0 Å². The number of halogens is 2. The lowest BCUT2D eigenvalue weighted by molar-refractivity contribution is -0.128. The molecule has 2 heterocycles. The highest BCUT2D eigenvalue weighted by Crippen LogP contribution is 2.53. The van der Waals surface area contributed by atoms with Gasteiger partial charge in [-0.25, -0.2) is 8.78 Å². The van der Waals surface area contributed by atoms with Crippen molar-refractivity contribution in [3.63, 3.8) is 0 Å². The van der Waals surface area contributed by atoms with Gasteiger partial charge in [-0.15, -0.1) is 0 Å². The number of fused-ring (bicyclic) bond motifs is 3. The van der Waals surface area contributed by atoms with Crippen molar-refractivity contribution < 1.29 is 23.2 Å². The Hall–Kier alpha value is -4.06. The van der Waals surface area contributed by atoms with Crippen LogP contribution < -0.4 is 5.32 Å². The minimum absolute atomic E-state index is 0.0307. The molecule has 3 aromatic rings. The smallest absolute Gasteiger partial charge is 0.270 e. The molecule has 1 aliphatic heterocycles. The van der Waals surface area contributed by atoms with Crippen LogP contribution in [0.3, 0.4) is 0 Å². The van der Waals surface area contributed by atoms with Crippen molar-refractivity contribution in [3.8, 4) is 6.07 Å². The van der Waals surface area contributed by atoms with Crippen LogP contribution in [0.15, 0.2) is 42.5 Å². The topological polar surface area (TPSA) is 106 Å². The van der Waals surface area contributed by atoms with Crippen molar-refractivity contribution in [2.75, 3.05) is 12.4 Å². The number of likely N-dealkylation sites (N-methyl/N-ethyl adjacent to an activating group) is 1. The van der Waals surface area contributed by atoms with E-state index in [-0.39, 0.29) is 47.0 Å². The number of aromatic amines is 1. The molecule has 9 heteroatoms. The van der Waals surface area contributed by atoms with E-state index in [9.17, 15) is 28.4 Å². The second kappa shape index (κ2) is 9.92. The molecule has 2 aliphatic rings. The zero-order valence-electron chi connectivity index (χ0n) is 22.1. The summed E-state index contributed by atoms with van der Waals surface area (Å²) < 4.78 is 28.0. The number of nitrogens with zero attached hydrogens (tertiary/aromatic N) is 2. The number of carbonyl (C=O) groups is 3. The number of amides is 2. The summed E-state index contributed by atoms with van der Waals surface area (Å²) in [7, 11) is 1.51. The molecule has 39 heavy (non-hydrogen) atoms. The van der Waals surface area contributed by atoms with Crippen LogP contribution in [0.25, 0.3) is 10.9 Å². The van der Waals surface area contributed by atoms with Gasteiger partial charge in [0.05, 0.1) is 29.0 Å². The van der Waals surface area contributed by atoms with Crippen LogP contribution in [0, 0.1) is 40.7 Å². The molecule has 2 amide bonds. The van der Waals surface area contributed by atoms with Crippen molar-refractivity contribution in [2.24, 2.45) is 17.8 Å². The highest BCUT2D eigenvalue weighted by atomic mass is 19.1. The molecule has 202 valence electrons. The fourth-order valence-electron chi connectivity index (χ4n) is 6.20. The Labute approximate surface area is 225 Å². The molecule has 0 bridgehead atoms. The zero-order valence-corrected chi connectivity index (χ0v) is 22.1. The predicted molar refractivity (Wildman–Crippen MR) is 142 cm³/mol. The van der Waals surface area contributed by atoms with Crippen LogP contribution in [-0.4, -0.2) is 40.6 Å². The van der Waals surface area contributed by atoms with Crippen LogP contribution in [0.4, 0.5) is 14.5 Å². The third-order valence-corrected chi connectivity index (χ3v) is 8.30. The SMILES string of the molecule is CC(C)CC[C@@H](C(=O)C1C[C@]2(C[C@H]1C#N)C(=O)Nc1ccccc12)N(C)C(=O)c1cc2c(F)cc(F)cc2[nH]1. The van der Waals surface area contributed by atoms with Gasteiger partial charge in [-0.2, -0.15) is 5.26 Å². The molecule has 5 rings (SSSR count). The largest absolute Gasteiger partial charge is 0.350 e. The van der Waals surface area contributed by atoms with Crippen molar-refractivity contribution in [2.45, 2.75) is 51.0 Å². The molecule has 0 radical (unpaired) electrons. The van der Waals surface area contributed by atoms with E-state index in [0.29, 0.717) is 18.5 Å². The molecule has 2 N–H and O–H groups in total. The molecule has 2 aromatic carbocycles. The highest BCUT2D eigenvalue weighted by Gasteiger charge is 2.57. The lowest BCUT2D eigenvalue weighted by Gasteiger charge is -2.30. The Morgan fingerprint density at radius 3 is 2.62 bits per heavy atom. The highest BCUT2D eigenvalue weighted by molar-refractivity contribution is 6.07. The molecule has 1 aromatic heterocycles. The Morgan fingerprint density at radius 2 is 1.90 bits per heavy atom. The van der Waals surface area contributed by atoms with E-state index >= 15 is 0 Å². The molecular formula is C30H30F2N4O3. The molecule has 1 spiro atoms. The number of Topliss-reactive ketones (excluding diaryl/α,β-unsaturated/α-hetero) is 1. The van der Waals surface area contributed by atoms with Gasteiger partial charge in [0, 0.05) is 30.1 Å². The monoisotopic (exact) mass is 532 g/mol. The number of benzene rings is 2. The summed E-state index contributed by atoms with van der Waals surface area (Å²) in [5.74, 6) is -3.76. The molecule has 0 saturated heterocycles. The maximum Gasteiger partial charge on any atom is 0.270 e. The van der Waals surface area contributed by atoms with Gasteiger partial charge in [0.15, 0.2) is 5.78 Å². The number of anilines is 1. The first-order valence-electron chi connectivity index (χ1n) is 13.1. The van der Waals surface area contributed by atoms with Crippen LogP contribution in [-0.2, 0) is 15.0 Å². The van der Waals surface area contributed by atoms with E-state index in [1.807, 2.05) is 38.1 Å². The molecule has 1 fully saturated rings. The number of nitriles is 1. The average molecular weight is 533 g/mol. The summed E-state index contributed by atoms with van der Waals surface area (Å²) in [6.45, 7) is 4.03. The fourth-order valence-corrected chi connectivity index (χ4v) is 6.20. The van der Waals surface area contributed by atoms with Crippen molar-refractivity contribution in [3.05, 3.63) is 65.4 Å². The predicted octanol–water partition coefficient (Wildman–Crippen LogP) is 5.33. The van der Waals surface area contributed by atoms with E-state index in [1.165, 1.54) is 18.0 Å². The normalized spacial score (nSPS) is 22.6. The summed E-state index contributed by atoms with van der Waals surface area (Å²) >= 11 is 0. The standard InChI is InChI=1S/C30H30F2N4O3/c1-16(2)8-9-26(36(3)28(38)25-12-19-22(32)10-18(31)11-24(19)34-25)27(37)20-14-30(13-17(20)15-33)21-6-4-5-7-23(21)35-29(30)39/h4-7,10-12,16-17,20,26,34H,8-9,13-14H2,1-3H3,(H,35,39)/t17-,20?,26-,30-/m0/s1. The minimum atomic E-state index is -0.971. The zero-order chi connectivity index (χ0) is 28.1. The van der Waals surface area contributed by atoms with Crippen molar-refractivity contribution in [1.29, 1.82) is 5.26 Å². The number of rotatable bonds is 7. The Balaban J connectivity index is 1.46. The Morgan fingerprint density at radius 1 is 1.15 bits per heavy atom. The van der Waals surface area contributed by atoms with Gasteiger partial charge in [0.25, 0.3) is 5.91 Å². The van der Waals surface area contributed by atoms with E-state index in [2.05, 4.69) is 16.4 Å². The van der Waals surface area contributed by atoms with E-state index in [1.54, 1.807) is 0 Å². The number of ketones is 1. The number of nitrogens with one attached hydrogen (secondary N) is 2. The number of carbonyl (C=O) groups excluding carboxylic acids is 3. The van der Waals surface area contributed by atoms with E-state index < -0.39 is 40.8 Å². The summed E-state index contributed by atoms with van der Waals surface area (Å²) in [6.07, 6.45) is 1.43. The summed E-state index contributed by atoms with van der Waals surface area (Å²) in [5.41, 5.74) is 0.687. The first-order valence-corrected chi connectivity index (χ1v) is 13.1. The van der Waals surface area contributed by atoms with Crippen LogP contribution in [0.2, 0.25) is 0 Å². The van der Waals surface area contributed by atoms with Crippen molar-refractivity contribution >= 4 is 34.2 Å². The third-order valence-electron chi connectivity index (χ3n) is 8.30. The number of H-pyrrole nitrogens is 1. The van der Waals surface area contributed by atoms with Gasteiger partial charge in [-0.1, -0.05) is 32.0 Å². The maximum atomic E-state index is 14.3. The number of para-hydroxylation sites is 1. The number of hydrogen-bond acceptors (Lipinski definition) is 4. The first kappa shape index (κ1) is 26.5. The second-order valence-electron chi connectivity index (χ2n) is 11.2. The van der Waals surface area contributed by atoms with Gasteiger partial charge in [-0.3, -0.25) is 14.4 Å². The summed E-state index contributed by atoms with van der Waals surface area (Å²) in [6, 6.07) is 11.9. The van der Waals surface area contributed by atoms with E-state index in [0.717, 1.165) is 17.7 Å². The van der Waals surface area contributed by atoms with Gasteiger partial charge in [-0.05, 0) is 55.4 Å². The molecule has 7 nitrogen and oxygen atoms in total.